The molecule has 1 aliphatic heterocycles. The summed E-state index contributed by atoms with van der Waals surface area (Å²) in [5.74, 6) is -0.0136. The summed E-state index contributed by atoms with van der Waals surface area (Å²) in [6.45, 7) is 3.88. The molecule has 0 radical (unpaired) electrons. The molecule has 2 aromatic heterocycles. The van der Waals surface area contributed by atoms with Crippen molar-refractivity contribution in [1.82, 2.24) is 4.31 Å². The van der Waals surface area contributed by atoms with Crippen LogP contribution in [0.4, 0.5) is 10.7 Å². The van der Waals surface area contributed by atoms with Crippen molar-refractivity contribution in [3.63, 3.8) is 0 Å². The summed E-state index contributed by atoms with van der Waals surface area (Å²) in [6.07, 6.45) is 1.18. The Morgan fingerprint density at radius 3 is 2.42 bits per heavy atom. The van der Waals surface area contributed by atoms with Crippen LogP contribution in [0.5, 0.6) is 0 Å². The van der Waals surface area contributed by atoms with E-state index >= 15 is 0 Å². The summed E-state index contributed by atoms with van der Waals surface area (Å²) in [4.78, 5) is 25.1. The van der Waals surface area contributed by atoms with Gasteiger partial charge in [-0.2, -0.15) is 4.31 Å². The predicted octanol–water partition coefficient (Wildman–Crippen LogP) is 5.09. The van der Waals surface area contributed by atoms with Crippen molar-refractivity contribution in [3.05, 3.63) is 102 Å². The van der Waals surface area contributed by atoms with Crippen molar-refractivity contribution in [2.45, 2.75) is 18.0 Å². The number of hydrogen-bond acceptors (Lipinski definition) is 6. The molecule has 0 fully saturated rings. The molecule has 3 heterocycles. The maximum atomic E-state index is 13.1. The lowest BCUT2D eigenvalue weighted by atomic mass is 10.2. The van der Waals surface area contributed by atoms with Gasteiger partial charge in [-0.1, -0.05) is 36.9 Å². The third-order valence-electron chi connectivity index (χ3n) is 5.63. The Balaban J connectivity index is 1.24. The molecule has 2 N–H and O–H groups in total. The zero-order chi connectivity index (χ0) is 25.3. The fraction of sp³-hybridized carbons (Fsp3) is 0.0769. The van der Waals surface area contributed by atoms with Gasteiger partial charge in [0.2, 0.25) is 15.9 Å². The van der Waals surface area contributed by atoms with Gasteiger partial charge < -0.3 is 15.1 Å². The molecule has 2 aromatic carbocycles. The SMILES string of the molecule is C=CC(=O)Nc1cc2c(s1)CN(S(=O)(=O)c1ccc(NC(=O)c3ccc(-c4ccccc4)o3)cc1)C2. The number of nitrogens with one attached hydrogen (secondary N) is 2. The number of benzene rings is 2. The van der Waals surface area contributed by atoms with Crippen LogP contribution < -0.4 is 10.6 Å². The van der Waals surface area contributed by atoms with Crippen LogP contribution in [0.25, 0.3) is 11.3 Å². The number of amides is 2. The Bertz CT molecular complexity index is 1530. The standard InChI is InChI=1S/C26H21N3O5S2/c1-2-24(30)28-25-14-18-15-29(16-23(18)35-25)36(32,33)20-10-8-19(9-11-20)27-26(31)22-13-12-21(34-22)17-6-4-3-5-7-17/h2-14H,1,15-16H2,(H,27,31)(H,28,30). The Morgan fingerprint density at radius 1 is 0.972 bits per heavy atom. The zero-order valence-corrected chi connectivity index (χ0v) is 20.6. The van der Waals surface area contributed by atoms with E-state index in [1.165, 1.54) is 33.9 Å². The van der Waals surface area contributed by atoms with Crippen molar-refractivity contribution in [1.29, 1.82) is 0 Å². The molecule has 0 aliphatic carbocycles. The normalized spacial score (nSPS) is 13.2. The minimum absolute atomic E-state index is 0.125. The summed E-state index contributed by atoms with van der Waals surface area (Å²) in [6, 6.07) is 20.6. The largest absolute Gasteiger partial charge is 0.451 e. The number of nitrogens with zero attached hydrogens (tertiary/aromatic N) is 1. The molecule has 0 unspecified atom stereocenters. The molecule has 8 nitrogen and oxygen atoms in total. The summed E-state index contributed by atoms with van der Waals surface area (Å²) in [5, 5.41) is 6.09. The Morgan fingerprint density at radius 2 is 1.72 bits per heavy atom. The van der Waals surface area contributed by atoms with E-state index in [0.717, 1.165) is 16.0 Å². The van der Waals surface area contributed by atoms with Crippen LogP contribution in [0.15, 0.2) is 94.8 Å². The van der Waals surface area contributed by atoms with E-state index in [9.17, 15) is 18.0 Å². The van der Waals surface area contributed by atoms with Gasteiger partial charge in [0.05, 0.1) is 9.90 Å². The predicted molar refractivity (Wildman–Crippen MR) is 138 cm³/mol. The third-order valence-corrected chi connectivity index (χ3v) is 8.52. The summed E-state index contributed by atoms with van der Waals surface area (Å²) in [7, 11) is -3.74. The average Bonchev–Trinajstić information content (AvgIpc) is 3.60. The first-order valence-electron chi connectivity index (χ1n) is 11.0. The molecule has 182 valence electrons. The fourth-order valence-electron chi connectivity index (χ4n) is 3.81. The van der Waals surface area contributed by atoms with E-state index in [1.54, 1.807) is 30.3 Å². The van der Waals surface area contributed by atoms with E-state index in [2.05, 4.69) is 17.2 Å². The lowest BCUT2D eigenvalue weighted by molar-refractivity contribution is -0.111. The van der Waals surface area contributed by atoms with E-state index in [4.69, 9.17) is 4.42 Å². The Kier molecular flexibility index (Phi) is 6.31. The molecule has 1 aliphatic rings. The summed E-state index contributed by atoms with van der Waals surface area (Å²) < 4.78 is 33.3. The van der Waals surface area contributed by atoms with Crippen LogP contribution in [-0.4, -0.2) is 24.5 Å². The van der Waals surface area contributed by atoms with Crippen LogP contribution >= 0.6 is 11.3 Å². The van der Waals surface area contributed by atoms with Crippen molar-refractivity contribution in [3.8, 4) is 11.3 Å². The second-order valence-corrected chi connectivity index (χ2v) is 11.1. The number of furan rings is 1. The number of hydrogen-bond donors (Lipinski definition) is 2. The van der Waals surface area contributed by atoms with Gasteiger partial charge in [0, 0.05) is 29.2 Å². The molecule has 2 amide bonds. The lowest BCUT2D eigenvalue weighted by Crippen LogP contribution is -2.25. The first-order valence-corrected chi connectivity index (χ1v) is 13.2. The van der Waals surface area contributed by atoms with Crippen molar-refractivity contribution in [2.24, 2.45) is 0 Å². The van der Waals surface area contributed by atoms with Gasteiger partial charge in [0.15, 0.2) is 5.76 Å². The van der Waals surface area contributed by atoms with Gasteiger partial charge >= 0.3 is 0 Å². The second kappa shape index (κ2) is 9.57. The zero-order valence-electron chi connectivity index (χ0n) is 18.9. The highest BCUT2D eigenvalue weighted by atomic mass is 32.2. The average molecular weight is 520 g/mol. The molecule has 0 saturated carbocycles. The number of carbonyl (C=O) groups is 2. The Hall–Kier alpha value is -3.99. The van der Waals surface area contributed by atoms with E-state index < -0.39 is 15.9 Å². The topological polar surface area (TPSA) is 109 Å². The molecule has 0 saturated heterocycles. The van der Waals surface area contributed by atoms with Gasteiger partial charge in [0.25, 0.3) is 5.91 Å². The number of sulfonamides is 1. The van der Waals surface area contributed by atoms with Crippen molar-refractivity contribution < 1.29 is 22.4 Å². The molecule has 4 aromatic rings. The van der Waals surface area contributed by atoms with Gasteiger partial charge in [0.1, 0.15) is 5.76 Å². The van der Waals surface area contributed by atoms with E-state index in [0.29, 0.717) is 16.4 Å². The number of fused-ring (bicyclic) bond motifs is 1. The maximum absolute atomic E-state index is 13.1. The van der Waals surface area contributed by atoms with Crippen molar-refractivity contribution in [2.75, 3.05) is 10.6 Å². The van der Waals surface area contributed by atoms with Gasteiger partial charge in [-0.15, -0.1) is 11.3 Å². The van der Waals surface area contributed by atoms with Crippen LogP contribution in [0.1, 0.15) is 21.0 Å². The minimum atomic E-state index is -3.74. The van der Waals surface area contributed by atoms with Gasteiger partial charge in [-0.3, -0.25) is 9.59 Å². The third kappa shape index (κ3) is 4.74. The maximum Gasteiger partial charge on any atom is 0.291 e. The van der Waals surface area contributed by atoms with Crippen molar-refractivity contribution >= 4 is 43.9 Å². The monoisotopic (exact) mass is 519 g/mol. The lowest BCUT2D eigenvalue weighted by Gasteiger charge is -2.16. The number of carbonyl (C=O) groups excluding carboxylic acids is 2. The highest BCUT2D eigenvalue weighted by Crippen LogP contribution is 2.37. The quantitative estimate of drug-likeness (QED) is 0.331. The molecule has 10 heteroatoms. The second-order valence-electron chi connectivity index (χ2n) is 8.03. The van der Waals surface area contributed by atoms with E-state index in [-0.39, 0.29) is 29.7 Å². The first-order chi connectivity index (χ1) is 17.3. The van der Waals surface area contributed by atoms with Gasteiger partial charge in [-0.05, 0) is 54.1 Å². The molecule has 0 atom stereocenters. The Labute approximate surface area is 211 Å². The van der Waals surface area contributed by atoms with Crippen LogP contribution in [0.3, 0.4) is 0 Å². The van der Waals surface area contributed by atoms with Gasteiger partial charge in [-0.25, -0.2) is 8.42 Å². The molecular weight excluding hydrogens is 498 g/mol. The number of thiophene rings is 1. The smallest absolute Gasteiger partial charge is 0.291 e. The molecule has 0 spiro atoms. The first kappa shape index (κ1) is 23.7. The highest BCUT2D eigenvalue weighted by Gasteiger charge is 2.32. The molecule has 36 heavy (non-hydrogen) atoms. The minimum Gasteiger partial charge on any atom is -0.451 e. The van der Waals surface area contributed by atoms with Crippen LogP contribution in [0.2, 0.25) is 0 Å². The summed E-state index contributed by atoms with van der Waals surface area (Å²) in [5.41, 5.74) is 2.17. The molecular formula is C26H21N3O5S2. The molecule has 5 rings (SSSR count). The fourth-order valence-corrected chi connectivity index (χ4v) is 6.37. The number of rotatable bonds is 7. The highest BCUT2D eigenvalue weighted by molar-refractivity contribution is 7.89. The number of anilines is 2. The van der Waals surface area contributed by atoms with Crippen LogP contribution in [0, 0.1) is 0 Å². The van der Waals surface area contributed by atoms with E-state index in [1.807, 2.05) is 30.3 Å². The summed E-state index contributed by atoms with van der Waals surface area (Å²) >= 11 is 1.35. The molecule has 0 bridgehead atoms. The van der Waals surface area contributed by atoms with Crippen LogP contribution in [-0.2, 0) is 27.9 Å².